The van der Waals surface area contributed by atoms with Gasteiger partial charge in [-0.05, 0) is 32.1 Å². The van der Waals surface area contributed by atoms with Crippen LogP contribution in [0, 0.1) is 5.95 Å². The molecule has 1 rings (SSSR count). The van der Waals surface area contributed by atoms with Gasteiger partial charge in [-0.15, -0.1) is 0 Å². The molecule has 0 radical (unpaired) electrons. The van der Waals surface area contributed by atoms with Crippen molar-refractivity contribution < 1.29 is 9.13 Å². The number of hydrogen-bond donors (Lipinski definition) is 0. The van der Waals surface area contributed by atoms with Gasteiger partial charge in [-0.25, -0.2) is 4.98 Å². The maximum atomic E-state index is 12.4. The summed E-state index contributed by atoms with van der Waals surface area (Å²) in [6.45, 7) is 4.48. The Morgan fingerprint density at radius 1 is 1.54 bits per heavy atom. The monoisotopic (exact) mass is 181 g/mol. The first-order chi connectivity index (χ1) is 6.18. The number of nitrogens with zero attached hydrogens (tertiary/aromatic N) is 1. The van der Waals surface area contributed by atoms with Gasteiger partial charge in [-0.1, -0.05) is 5.57 Å². The van der Waals surface area contributed by atoms with Crippen LogP contribution in [-0.2, 0) is 0 Å². The summed E-state index contributed by atoms with van der Waals surface area (Å²) < 4.78 is 17.6. The van der Waals surface area contributed by atoms with Gasteiger partial charge in [0.05, 0.1) is 6.20 Å². The highest BCUT2D eigenvalue weighted by molar-refractivity contribution is 5.16. The predicted octanol–water partition coefficient (Wildman–Crippen LogP) is 2.57. The zero-order chi connectivity index (χ0) is 9.68. The molecule has 13 heavy (non-hydrogen) atoms. The molecule has 0 saturated heterocycles. The fourth-order valence-electron chi connectivity index (χ4n) is 0.752. The SMILES string of the molecule is CC(C)=CCOc1ccc(F)nc1. The molecule has 1 aromatic heterocycles. The first-order valence-corrected chi connectivity index (χ1v) is 4.06. The number of allylic oxidation sites excluding steroid dienone is 1. The van der Waals surface area contributed by atoms with E-state index in [0.717, 1.165) is 0 Å². The number of pyridine rings is 1. The van der Waals surface area contributed by atoms with Crippen LogP contribution in [-0.4, -0.2) is 11.6 Å². The lowest BCUT2D eigenvalue weighted by Crippen LogP contribution is -1.94. The van der Waals surface area contributed by atoms with E-state index in [1.54, 1.807) is 6.07 Å². The van der Waals surface area contributed by atoms with E-state index < -0.39 is 5.95 Å². The van der Waals surface area contributed by atoms with Crippen molar-refractivity contribution >= 4 is 0 Å². The Hall–Kier alpha value is -1.38. The Balaban J connectivity index is 2.46. The van der Waals surface area contributed by atoms with Gasteiger partial charge in [0.2, 0.25) is 5.95 Å². The van der Waals surface area contributed by atoms with Crippen molar-refractivity contribution in [2.24, 2.45) is 0 Å². The summed E-state index contributed by atoms with van der Waals surface area (Å²) >= 11 is 0. The molecule has 0 aliphatic carbocycles. The molecule has 0 spiro atoms. The Kier molecular flexibility index (Phi) is 3.43. The molecule has 70 valence electrons. The number of rotatable bonds is 3. The van der Waals surface area contributed by atoms with Crippen molar-refractivity contribution in [1.29, 1.82) is 0 Å². The second-order valence-electron chi connectivity index (χ2n) is 2.91. The lowest BCUT2D eigenvalue weighted by atomic mass is 10.3. The van der Waals surface area contributed by atoms with Gasteiger partial charge in [0.1, 0.15) is 12.4 Å². The first kappa shape index (κ1) is 9.71. The van der Waals surface area contributed by atoms with Gasteiger partial charge in [-0.3, -0.25) is 0 Å². The van der Waals surface area contributed by atoms with Crippen molar-refractivity contribution in [1.82, 2.24) is 4.98 Å². The van der Waals surface area contributed by atoms with Crippen LogP contribution in [0.1, 0.15) is 13.8 Å². The van der Waals surface area contributed by atoms with E-state index in [1.807, 2.05) is 19.9 Å². The van der Waals surface area contributed by atoms with Crippen molar-refractivity contribution in [3.63, 3.8) is 0 Å². The summed E-state index contributed by atoms with van der Waals surface area (Å²) in [7, 11) is 0. The fraction of sp³-hybridized carbons (Fsp3) is 0.300. The molecule has 0 fully saturated rings. The summed E-state index contributed by atoms with van der Waals surface area (Å²) in [6.07, 6.45) is 3.32. The van der Waals surface area contributed by atoms with Crippen LogP contribution in [0.15, 0.2) is 30.0 Å². The van der Waals surface area contributed by atoms with Gasteiger partial charge < -0.3 is 4.74 Å². The molecule has 2 nitrogen and oxygen atoms in total. The summed E-state index contributed by atoms with van der Waals surface area (Å²) in [5.74, 6) is 0.0912. The Bertz CT molecular complexity index is 288. The molecule has 0 aliphatic heterocycles. The molecule has 0 unspecified atom stereocenters. The third-order valence-corrected chi connectivity index (χ3v) is 1.44. The highest BCUT2D eigenvalue weighted by atomic mass is 19.1. The lowest BCUT2D eigenvalue weighted by molar-refractivity contribution is 0.359. The minimum Gasteiger partial charge on any atom is -0.488 e. The molecule has 0 bridgehead atoms. The Labute approximate surface area is 77.1 Å². The second-order valence-corrected chi connectivity index (χ2v) is 2.91. The van der Waals surface area contributed by atoms with E-state index in [4.69, 9.17) is 4.74 Å². The molecular formula is C10H12FNO. The molecule has 1 heterocycles. The molecule has 0 saturated carbocycles. The lowest BCUT2D eigenvalue weighted by Gasteiger charge is -2.01. The zero-order valence-electron chi connectivity index (χ0n) is 7.75. The molecule has 1 aromatic rings. The smallest absolute Gasteiger partial charge is 0.213 e. The molecule has 0 aromatic carbocycles. The highest BCUT2D eigenvalue weighted by Gasteiger charge is 1.93. The minimum atomic E-state index is -0.491. The van der Waals surface area contributed by atoms with Gasteiger partial charge >= 0.3 is 0 Å². The molecular weight excluding hydrogens is 169 g/mol. The largest absolute Gasteiger partial charge is 0.488 e. The van der Waals surface area contributed by atoms with E-state index in [1.165, 1.54) is 17.8 Å². The standard InChI is InChI=1S/C10H12FNO/c1-8(2)5-6-13-9-3-4-10(11)12-7-9/h3-5,7H,6H2,1-2H3. The van der Waals surface area contributed by atoms with E-state index in [2.05, 4.69) is 4.98 Å². The molecule has 0 N–H and O–H groups in total. The first-order valence-electron chi connectivity index (χ1n) is 4.06. The van der Waals surface area contributed by atoms with Gasteiger partial charge in [-0.2, -0.15) is 4.39 Å². The third-order valence-electron chi connectivity index (χ3n) is 1.44. The minimum absolute atomic E-state index is 0.491. The fourth-order valence-corrected chi connectivity index (χ4v) is 0.752. The normalized spacial score (nSPS) is 9.46. The molecule has 0 aliphatic rings. The van der Waals surface area contributed by atoms with Crippen LogP contribution in [0.4, 0.5) is 4.39 Å². The summed E-state index contributed by atoms with van der Waals surface area (Å²) in [6, 6.07) is 2.83. The number of aromatic nitrogens is 1. The molecule has 0 atom stereocenters. The van der Waals surface area contributed by atoms with Crippen LogP contribution in [0.3, 0.4) is 0 Å². The van der Waals surface area contributed by atoms with Gasteiger partial charge in [0.15, 0.2) is 0 Å². The van der Waals surface area contributed by atoms with E-state index in [9.17, 15) is 4.39 Å². The van der Waals surface area contributed by atoms with E-state index in [0.29, 0.717) is 12.4 Å². The Morgan fingerprint density at radius 3 is 2.85 bits per heavy atom. The van der Waals surface area contributed by atoms with Crippen LogP contribution < -0.4 is 4.74 Å². The summed E-state index contributed by atoms with van der Waals surface area (Å²) in [5.41, 5.74) is 1.19. The number of ether oxygens (including phenoxy) is 1. The third kappa shape index (κ3) is 3.69. The average Bonchev–Trinajstić information content (AvgIpc) is 2.08. The maximum Gasteiger partial charge on any atom is 0.213 e. The van der Waals surface area contributed by atoms with E-state index in [-0.39, 0.29) is 0 Å². The number of halogens is 1. The average molecular weight is 181 g/mol. The van der Waals surface area contributed by atoms with Gasteiger partial charge in [0, 0.05) is 0 Å². The van der Waals surface area contributed by atoms with E-state index >= 15 is 0 Å². The molecule has 0 amide bonds. The maximum absolute atomic E-state index is 12.4. The van der Waals surface area contributed by atoms with Gasteiger partial charge in [0.25, 0.3) is 0 Å². The van der Waals surface area contributed by atoms with Crippen LogP contribution in [0.25, 0.3) is 0 Å². The summed E-state index contributed by atoms with van der Waals surface area (Å²) in [4.78, 5) is 3.46. The van der Waals surface area contributed by atoms with Crippen molar-refractivity contribution in [3.05, 3.63) is 35.9 Å². The quantitative estimate of drug-likeness (QED) is 0.528. The zero-order valence-corrected chi connectivity index (χ0v) is 7.75. The van der Waals surface area contributed by atoms with Crippen molar-refractivity contribution in [3.8, 4) is 5.75 Å². The summed E-state index contributed by atoms with van der Waals surface area (Å²) in [5, 5.41) is 0. The van der Waals surface area contributed by atoms with Crippen molar-refractivity contribution in [2.75, 3.05) is 6.61 Å². The van der Waals surface area contributed by atoms with Crippen LogP contribution in [0.2, 0.25) is 0 Å². The topological polar surface area (TPSA) is 22.1 Å². The second kappa shape index (κ2) is 4.60. The van der Waals surface area contributed by atoms with Crippen LogP contribution in [0.5, 0.6) is 5.75 Å². The highest BCUT2D eigenvalue weighted by Crippen LogP contribution is 2.08. The Morgan fingerprint density at radius 2 is 2.31 bits per heavy atom. The predicted molar refractivity (Wildman–Crippen MR) is 49.1 cm³/mol. The molecule has 3 heteroatoms. The van der Waals surface area contributed by atoms with Crippen molar-refractivity contribution in [2.45, 2.75) is 13.8 Å². The number of hydrogen-bond acceptors (Lipinski definition) is 2. The van der Waals surface area contributed by atoms with Crippen LogP contribution >= 0.6 is 0 Å².